The van der Waals surface area contributed by atoms with E-state index in [-0.39, 0.29) is 18.0 Å². The molecule has 13 heteroatoms. The Morgan fingerprint density at radius 2 is 1.79 bits per heavy atom. The van der Waals surface area contributed by atoms with Crippen molar-refractivity contribution in [3.63, 3.8) is 0 Å². The standard InChI is InChI=1S/C25H30N4O9/c1-13(2)23(29-21(32)10-16-9-15(14(3)30)5-6-19(16)37-4)25(36)28-17(11-22(33)34)18(31)12-26-24(35)20-7-8-27-38-20/h5-9,13,17,23H,10-12H2,1-4H3,(H,26,35)(H,28,36)(H,29,32)(H,33,34)/t17-,23-/m0/s1. The fraction of sp³-hybridized carbons (Fsp3) is 0.400. The zero-order chi connectivity index (χ0) is 28.4. The first kappa shape index (κ1) is 29.7. The van der Waals surface area contributed by atoms with Crippen molar-refractivity contribution in [3.05, 3.63) is 47.3 Å². The maximum atomic E-state index is 13.0. The highest BCUT2D eigenvalue weighted by molar-refractivity contribution is 5.99. The van der Waals surface area contributed by atoms with Crippen LogP contribution >= 0.6 is 0 Å². The minimum Gasteiger partial charge on any atom is -0.496 e. The molecule has 13 nitrogen and oxygen atoms in total. The van der Waals surface area contributed by atoms with Crippen LogP contribution in [0.1, 0.15) is 53.7 Å². The number of nitrogens with zero attached hydrogens (tertiary/aromatic N) is 1. The first-order chi connectivity index (χ1) is 17.9. The molecule has 4 N–H and O–H groups in total. The van der Waals surface area contributed by atoms with Crippen molar-refractivity contribution in [1.29, 1.82) is 0 Å². The van der Waals surface area contributed by atoms with Crippen LogP contribution in [0.3, 0.4) is 0 Å². The highest BCUT2D eigenvalue weighted by Crippen LogP contribution is 2.21. The zero-order valence-corrected chi connectivity index (χ0v) is 21.4. The van der Waals surface area contributed by atoms with Gasteiger partial charge in [-0.3, -0.25) is 28.8 Å². The van der Waals surface area contributed by atoms with Crippen LogP contribution in [0.4, 0.5) is 0 Å². The molecule has 0 unspecified atom stereocenters. The van der Waals surface area contributed by atoms with E-state index in [1.807, 2.05) is 0 Å². The average Bonchev–Trinajstić information content (AvgIpc) is 3.39. The molecule has 1 heterocycles. The average molecular weight is 531 g/mol. The van der Waals surface area contributed by atoms with Crippen molar-refractivity contribution in [2.75, 3.05) is 13.7 Å². The van der Waals surface area contributed by atoms with Gasteiger partial charge in [-0.1, -0.05) is 19.0 Å². The zero-order valence-electron chi connectivity index (χ0n) is 21.4. The van der Waals surface area contributed by atoms with E-state index in [4.69, 9.17) is 4.74 Å². The Balaban J connectivity index is 2.10. The van der Waals surface area contributed by atoms with Gasteiger partial charge in [0.15, 0.2) is 11.6 Å². The fourth-order valence-electron chi connectivity index (χ4n) is 3.46. The molecule has 0 aliphatic carbocycles. The molecule has 0 saturated heterocycles. The van der Waals surface area contributed by atoms with E-state index in [1.54, 1.807) is 26.0 Å². The molecule has 0 aliphatic rings. The number of benzene rings is 1. The highest BCUT2D eigenvalue weighted by atomic mass is 16.5. The third kappa shape index (κ3) is 8.54. The largest absolute Gasteiger partial charge is 0.496 e. The number of ether oxygens (including phenoxy) is 1. The van der Waals surface area contributed by atoms with Crippen molar-refractivity contribution in [1.82, 2.24) is 21.1 Å². The van der Waals surface area contributed by atoms with Crippen molar-refractivity contribution in [2.45, 2.75) is 45.7 Å². The second-order valence-electron chi connectivity index (χ2n) is 8.73. The summed E-state index contributed by atoms with van der Waals surface area (Å²) in [6.45, 7) is 4.13. The molecule has 0 radical (unpaired) electrons. The number of carbonyl (C=O) groups is 6. The Hall–Kier alpha value is -4.55. The summed E-state index contributed by atoms with van der Waals surface area (Å²) >= 11 is 0. The minimum absolute atomic E-state index is 0.148. The van der Waals surface area contributed by atoms with Gasteiger partial charge in [0.2, 0.25) is 17.6 Å². The molecule has 1 aromatic carbocycles. The van der Waals surface area contributed by atoms with Crippen LogP contribution in [-0.2, 0) is 25.6 Å². The number of ketones is 2. The molecule has 0 bridgehead atoms. The lowest BCUT2D eigenvalue weighted by molar-refractivity contribution is -0.140. The van der Waals surface area contributed by atoms with E-state index < -0.39 is 60.4 Å². The molecule has 0 spiro atoms. The lowest BCUT2D eigenvalue weighted by atomic mass is 10.00. The lowest BCUT2D eigenvalue weighted by Gasteiger charge is -2.25. The molecule has 0 fully saturated rings. The number of aliphatic carboxylic acids is 1. The lowest BCUT2D eigenvalue weighted by Crippen LogP contribution is -2.55. The van der Waals surface area contributed by atoms with Crippen LogP contribution < -0.4 is 20.7 Å². The molecular weight excluding hydrogens is 500 g/mol. The fourth-order valence-corrected chi connectivity index (χ4v) is 3.46. The van der Waals surface area contributed by atoms with Crippen molar-refractivity contribution < 1.29 is 43.1 Å². The molecular formula is C25H30N4O9. The van der Waals surface area contributed by atoms with Crippen LogP contribution in [0.5, 0.6) is 5.75 Å². The van der Waals surface area contributed by atoms with E-state index in [2.05, 4.69) is 25.6 Å². The number of methoxy groups -OCH3 is 1. The van der Waals surface area contributed by atoms with E-state index >= 15 is 0 Å². The number of rotatable bonds is 14. The van der Waals surface area contributed by atoms with Crippen molar-refractivity contribution >= 4 is 35.3 Å². The number of nitrogens with one attached hydrogen (secondary N) is 3. The van der Waals surface area contributed by atoms with Gasteiger partial charge in [0.1, 0.15) is 11.8 Å². The van der Waals surface area contributed by atoms with Crippen molar-refractivity contribution in [3.8, 4) is 5.75 Å². The van der Waals surface area contributed by atoms with Crippen LogP contribution in [0.25, 0.3) is 0 Å². The number of carboxylic acid groups (broad SMARTS) is 1. The smallest absolute Gasteiger partial charge is 0.305 e. The van der Waals surface area contributed by atoms with Gasteiger partial charge >= 0.3 is 5.97 Å². The molecule has 204 valence electrons. The highest BCUT2D eigenvalue weighted by Gasteiger charge is 2.30. The summed E-state index contributed by atoms with van der Waals surface area (Å²) in [4.78, 5) is 73.5. The topological polar surface area (TPSA) is 194 Å². The number of amides is 3. The second-order valence-corrected chi connectivity index (χ2v) is 8.73. The maximum absolute atomic E-state index is 13.0. The number of hydrogen-bond acceptors (Lipinski definition) is 9. The van der Waals surface area contributed by atoms with Gasteiger partial charge in [-0.15, -0.1) is 0 Å². The van der Waals surface area contributed by atoms with Crippen LogP contribution in [0.2, 0.25) is 0 Å². The summed E-state index contributed by atoms with van der Waals surface area (Å²) in [5, 5.41) is 19.8. The summed E-state index contributed by atoms with van der Waals surface area (Å²) in [6, 6.07) is 3.35. The van der Waals surface area contributed by atoms with Gasteiger partial charge in [-0.2, -0.15) is 0 Å². The molecule has 2 aromatic rings. The first-order valence-electron chi connectivity index (χ1n) is 11.6. The number of carboxylic acids is 1. The van der Waals surface area contributed by atoms with Crippen LogP contribution in [0.15, 0.2) is 35.0 Å². The summed E-state index contributed by atoms with van der Waals surface area (Å²) in [7, 11) is 1.42. The first-order valence-corrected chi connectivity index (χ1v) is 11.6. The Morgan fingerprint density at radius 3 is 2.34 bits per heavy atom. The van der Waals surface area contributed by atoms with Gasteiger partial charge in [-0.25, -0.2) is 0 Å². The van der Waals surface area contributed by atoms with E-state index in [1.165, 1.54) is 32.4 Å². The maximum Gasteiger partial charge on any atom is 0.305 e. The van der Waals surface area contributed by atoms with Crippen LogP contribution in [-0.4, -0.2) is 71.3 Å². The molecule has 38 heavy (non-hydrogen) atoms. The summed E-state index contributed by atoms with van der Waals surface area (Å²) in [5.74, 6) is -4.60. The Bertz CT molecular complexity index is 1190. The summed E-state index contributed by atoms with van der Waals surface area (Å²) in [5.41, 5.74) is 0.819. The van der Waals surface area contributed by atoms with Gasteiger partial charge < -0.3 is 30.3 Å². The van der Waals surface area contributed by atoms with E-state index in [0.717, 1.165) is 0 Å². The molecule has 0 aliphatic heterocycles. The predicted molar refractivity (Wildman–Crippen MR) is 131 cm³/mol. The van der Waals surface area contributed by atoms with Crippen LogP contribution in [0, 0.1) is 5.92 Å². The summed E-state index contributed by atoms with van der Waals surface area (Å²) in [6.07, 6.45) is 0.295. The molecule has 2 rings (SSSR count). The number of Topliss-reactive ketones (excluding diaryl/α,β-unsaturated/α-hetero) is 2. The normalized spacial score (nSPS) is 12.2. The van der Waals surface area contributed by atoms with Gasteiger partial charge in [-0.05, 0) is 31.0 Å². The number of aromatic nitrogens is 1. The van der Waals surface area contributed by atoms with E-state index in [0.29, 0.717) is 16.9 Å². The molecule has 1 aromatic heterocycles. The summed E-state index contributed by atoms with van der Waals surface area (Å²) < 4.78 is 9.94. The molecule has 3 amide bonds. The SMILES string of the molecule is COc1ccc(C(C)=O)cc1CC(=O)N[C@H](C(=O)N[C@@H](CC(=O)O)C(=O)CNC(=O)c1ccno1)C(C)C. The Labute approximate surface area is 218 Å². The van der Waals surface area contributed by atoms with Crippen molar-refractivity contribution in [2.24, 2.45) is 5.92 Å². The monoisotopic (exact) mass is 530 g/mol. The predicted octanol–water partition coefficient (Wildman–Crippen LogP) is 0.528. The minimum atomic E-state index is -1.47. The molecule has 0 saturated carbocycles. The second kappa shape index (κ2) is 13.7. The molecule has 2 atom stereocenters. The number of hydrogen-bond donors (Lipinski definition) is 4. The quantitative estimate of drug-likeness (QED) is 0.250. The van der Waals surface area contributed by atoms with Gasteiger partial charge in [0, 0.05) is 17.2 Å². The number of carbonyl (C=O) groups excluding carboxylic acids is 5. The third-order valence-electron chi connectivity index (χ3n) is 5.47. The Kier molecular flexibility index (Phi) is 10.7. The Morgan fingerprint density at radius 1 is 1.08 bits per heavy atom. The van der Waals surface area contributed by atoms with E-state index in [9.17, 15) is 33.9 Å². The third-order valence-corrected chi connectivity index (χ3v) is 5.47. The van der Waals surface area contributed by atoms with Gasteiger partial charge in [0.05, 0.1) is 38.7 Å². The van der Waals surface area contributed by atoms with Gasteiger partial charge in [0.25, 0.3) is 5.91 Å².